The number of rotatable bonds is 4. The highest BCUT2D eigenvalue weighted by Crippen LogP contribution is 2.44. The summed E-state index contributed by atoms with van der Waals surface area (Å²) >= 11 is 0. The summed E-state index contributed by atoms with van der Waals surface area (Å²) in [5.74, 6) is 0. The molecule has 0 radical (unpaired) electrons. The van der Waals surface area contributed by atoms with Crippen LogP contribution >= 0.6 is 0 Å². The average molecular weight is 574 g/mol. The lowest BCUT2D eigenvalue weighted by atomic mass is 9.86. The summed E-state index contributed by atoms with van der Waals surface area (Å²) in [4.78, 5) is 0. The Labute approximate surface area is 263 Å². The predicted octanol–water partition coefficient (Wildman–Crippen LogP) is 11.9. The van der Waals surface area contributed by atoms with Crippen molar-refractivity contribution in [1.82, 2.24) is 4.57 Å². The molecule has 9 rings (SSSR count). The normalized spacial score (nSPS) is 12.6. The molecule has 0 bridgehead atoms. The molecule has 1 heteroatoms. The van der Waals surface area contributed by atoms with E-state index in [1.807, 2.05) is 0 Å². The third-order valence-electron chi connectivity index (χ3n) is 9.46. The van der Waals surface area contributed by atoms with Crippen LogP contribution in [0.3, 0.4) is 0 Å². The Morgan fingerprint density at radius 2 is 0.933 bits per heavy atom. The van der Waals surface area contributed by atoms with Gasteiger partial charge in [-0.3, -0.25) is 0 Å². The fourth-order valence-corrected chi connectivity index (χ4v) is 7.46. The quantitative estimate of drug-likeness (QED) is 0.185. The van der Waals surface area contributed by atoms with Crippen molar-refractivity contribution in [3.05, 3.63) is 169 Å². The standard InChI is InChI=1S/C44H31N/c1-3-13-31(14-4-1)43-36-18-7-9-20-38(36)44(39-21-10-8-19-37(39)43)32-25-23-30(24-26-32)33-27-28-42-40(29-33)35-17-11-12-22-41(35)45(42)34-15-5-2-6-16-34/h1-11,13-21,23-29H,12,22H2. The lowest BCUT2D eigenvalue weighted by Crippen LogP contribution is -2.02. The summed E-state index contributed by atoms with van der Waals surface area (Å²) in [5, 5.41) is 6.45. The summed E-state index contributed by atoms with van der Waals surface area (Å²) < 4.78 is 2.45. The third-order valence-corrected chi connectivity index (χ3v) is 9.46. The first-order chi connectivity index (χ1) is 22.3. The minimum Gasteiger partial charge on any atom is -0.313 e. The van der Waals surface area contributed by atoms with Crippen LogP contribution in [0.5, 0.6) is 0 Å². The van der Waals surface area contributed by atoms with Gasteiger partial charge in [-0.25, -0.2) is 0 Å². The van der Waals surface area contributed by atoms with Crippen molar-refractivity contribution in [3.8, 4) is 39.1 Å². The predicted molar refractivity (Wildman–Crippen MR) is 192 cm³/mol. The first-order valence-corrected chi connectivity index (χ1v) is 15.8. The third kappa shape index (κ3) is 4.16. The van der Waals surface area contributed by atoms with Crippen molar-refractivity contribution in [2.45, 2.75) is 12.8 Å². The van der Waals surface area contributed by atoms with Crippen LogP contribution in [0.25, 0.3) is 77.6 Å². The molecule has 1 aromatic heterocycles. The highest BCUT2D eigenvalue weighted by molar-refractivity contribution is 6.21. The van der Waals surface area contributed by atoms with E-state index in [4.69, 9.17) is 0 Å². The Balaban J connectivity index is 1.19. The summed E-state index contributed by atoms with van der Waals surface area (Å²) in [7, 11) is 0. The molecule has 0 saturated heterocycles. The van der Waals surface area contributed by atoms with E-state index in [9.17, 15) is 0 Å². The lowest BCUT2D eigenvalue weighted by molar-refractivity contribution is 0.888. The SMILES string of the molecule is C1=Cc2c(n(-c3ccccc3)c3ccc(-c4ccc(-c5c6ccccc6c(-c6ccccc6)c6ccccc56)cc4)cc23)CC1. The monoisotopic (exact) mass is 573 g/mol. The highest BCUT2D eigenvalue weighted by Gasteiger charge is 2.20. The number of benzene rings is 7. The fourth-order valence-electron chi connectivity index (χ4n) is 7.46. The summed E-state index contributed by atoms with van der Waals surface area (Å²) in [6.45, 7) is 0. The van der Waals surface area contributed by atoms with Crippen LogP contribution in [0, 0.1) is 0 Å². The van der Waals surface area contributed by atoms with Gasteiger partial charge in [-0.05, 0) is 92.0 Å². The second-order valence-corrected chi connectivity index (χ2v) is 12.0. The minimum absolute atomic E-state index is 1.06. The van der Waals surface area contributed by atoms with Crippen molar-refractivity contribution in [2.75, 3.05) is 0 Å². The van der Waals surface area contributed by atoms with Crippen LogP contribution < -0.4 is 0 Å². The van der Waals surface area contributed by atoms with Gasteiger partial charge in [0.2, 0.25) is 0 Å². The zero-order chi connectivity index (χ0) is 29.7. The Bertz CT molecular complexity index is 2330. The van der Waals surface area contributed by atoms with E-state index in [1.165, 1.54) is 82.8 Å². The van der Waals surface area contributed by atoms with Gasteiger partial charge in [0.05, 0.1) is 5.52 Å². The van der Waals surface area contributed by atoms with Crippen LogP contribution in [-0.4, -0.2) is 4.57 Å². The summed E-state index contributed by atoms with van der Waals surface area (Å²) in [5.41, 5.74) is 12.8. The van der Waals surface area contributed by atoms with Gasteiger partial charge < -0.3 is 4.57 Å². The van der Waals surface area contributed by atoms with Crippen LogP contribution in [0.15, 0.2) is 158 Å². The molecule has 0 spiro atoms. The van der Waals surface area contributed by atoms with E-state index in [0.29, 0.717) is 0 Å². The van der Waals surface area contributed by atoms with Crippen molar-refractivity contribution in [3.63, 3.8) is 0 Å². The molecule has 1 aliphatic rings. The van der Waals surface area contributed by atoms with E-state index in [0.717, 1.165) is 12.8 Å². The maximum Gasteiger partial charge on any atom is 0.0538 e. The van der Waals surface area contributed by atoms with Gasteiger partial charge >= 0.3 is 0 Å². The number of allylic oxidation sites excluding steroid dienone is 1. The van der Waals surface area contributed by atoms with E-state index in [-0.39, 0.29) is 0 Å². The van der Waals surface area contributed by atoms with E-state index < -0.39 is 0 Å². The van der Waals surface area contributed by atoms with Gasteiger partial charge in [-0.2, -0.15) is 0 Å². The number of fused-ring (bicyclic) bond motifs is 5. The summed E-state index contributed by atoms with van der Waals surface area (Å²) in [6.07, 6.45) is 6.78. The Kier molecular flexibility index (Phi) is 6.02. The van der Waals surface area contributed by atoms with Gasteiger partial charge in [0.15, 0.2) is 0 Å². The summed E-state index contributed by atoms with van der Waals surface area (Å²) in [6, 6.07) is 55.5. The molecule has 1 aliphatic carbocycles. The topological polar surface area (TPSA) is 4.93 Å². The molecule has 0 fully saturated rings. The second kappa shape index (κ2) is 10.5. The molecule has 0 atom stereocenters. The van der Waals surface area contributed by atoms with Crippen LogP contribution in [0.1, 0.15) is 17.7 Å². The Morgan fingerprint density at radius 3 is 1.56 bits per heavy atom. The van der Waals surface area contributed by atoms with Gasteiger partial charge in [-0.15, -0.1) is 0 Å². The van der Waals surface area contributed by atoms with Gasteiger partial charge in [0.1, 0.15) is 0 Å². The van der Waals surface area contributed by atoms with Crippen LogP contribution in [0.4, 0.5) is 0 Å². The highest BCUT2D eigenvalue weighted by atomic mass is 15.0. The molecular weight excluding hydrogens is 542 g/mol. The van der Waals surface area contributed by atoms with Crippen LogP contribution in [0.2, 0.25) is 0 Å². The fraction of sp³-hybridized carbons (Fsp3) is 0.0455. The first kappa shape index (κ1) is 25.8. The Morgan fingerprint density at radius 1 is 0.422 bits per heavy atom. The molecule has 7 aromatic carbocycles. The van der Waals surface area contributed by atoms with E-state index in [1.54, 1.807) is 0 Å². The maximum atomic E-state index is 2.45. The van der Waals surface area contributed by atoms with E-state index in [2.05, 4.69) is 168 Å². The minimum atomic E-state index is 1.06. The van der Waals surface area contributed by atoms with E-state index >= 15 is 0 Å². The molecule has 0 aliphatic heterocycles. The van der Waals surface area contributed by atoms with Gasteiger partial charge in [-0.1, -0.05) is 140 Å². The molecule has 0 amide bonds. The van der Waals surface area contributed by atoms with Crippen LogP contribution in [-0.2, 0) is 6.42 Å². The molecule has 1 nitrogen and oxygen atoms in total. The Hall–Kier alpha value is -5.66. The lowest BCUT2D eigenvalue weighted by Gasteiger charge is -2.18. The number of aromatic nitrogens is 1. The molecule has 1 heterocycles. The largest absolute Gasteiger partial charge is 0.313 e. The average Bonchev–Trinajstić information content (AvgIpc) is 3.45. The van der Waals surface area contributed by atoms with Crippen molar-refractivity contribution < 1.29 is 0 Å². The number of hydrogen-bond acceptors (Lipinski definition) is 0. The zero-order valence-corrected chi connectivity index (χ0v) is 24.9. The molecular formula is C44H31N. The van der Waals surface area contributed by atoms with Gasteiger partial charge in [0.25, 0.3) is 0 Å². The van der Waals surface area contributed by atoms with Crippen molar-refractivity contribution >= 4 is 38.5 Å². The molecule has 8 aromatic rings. The molecule has 212 valence electrons. The first-order valence-electron chi connectivity index (χ1n) is 15.8. The second-order valence-electron chi connectivity index (χ2n) is 12.0. The number of nitrogens with zero attached hydrogens (tertiary/aromatic N) is 1. The molecule has 0 N–H and O–H groups in total. The van der Waals surface area contributed by atoms with Crippen molar-refractivity contribution in [2.24, 2.45) is 0 Å². The zero-order valence-electron chi connectivity index (χ0n) is 24.9. The molecule has 45 heavy (non-hydrogen) atoms. The van der Waals surface area contributed by atoms with Crippen molar-refractivity contribution in [1.29, 1.82) is 0 Å². The smallest absolute Gasteiger partial charge is 0.0538 e. The maximum absolute atomic E-state index is 2.45. The number of para-hydroxylation sites is 1. The molecule has 0 saturated carbocycles. The number of hydrogen-bond donors (Lipinski definition) is 0. The van der Waals surface area contributed by atoms with Gasteiger partial charge in [0, 0.05) is 22.3 Å². The molecule has 0 unspecified atom stereocenters.